The van der Waals surface area contributed by atoms with Crippen LogP contribution in [0.4, 0.5) is 5.69 Å². The third kappa shape index (κ3) is 3.30. The average Bonchev–Trinajstić information content (AvgIpc) is 2.51. The van der Waals surface area contributed by atoms with Crippen LogP contribution in [0.2, 0.25) is 0 Å². The second-order valence-corrected chi connectivity index (χ2v) is 7.23. The number of nitrogens with zero attached hydrogens (tertiary/aromatic N) is 2. The fraction of sp³-hybridized carbons (Fsp3) is 0.474. The molecule has 0 fully saturated rings. The highest BCUT2D eigenvalue weighted by molar-refractivity contribution is 6.00. The number of aromatic nitrogens is 1. The molecule has 130 valence electrons. The number of rotatable bonds is 4. The molecule has 0 saturated heterocycles. The second-order valence-electron chi connectivity index (χ2n) is 7.23. The third-order valence-electron chi connectivity index (χ3n) is 4.21. The summed E-state index contributed by atoms with van der Waals surface area (Å²) in [6, 6.07) is 5.40. The Morgan fingerprint density at radius 1 is 1.29 bits per heavy atom. The minimum atomic E-state index is -0.294. The summed E-state index contributed by atoms with van der Waals surface area (Å²) in [6.45, 7) is 8.81. The topological polar surface area (TPSA) is 68.3 Å². The van der Waals surface area contributed by atoms with E-state index in [-0.39, 0.29) is 22.4 Å². The molecular weight excluding hydrogens is 302 g/mol. The lowest BCUT2D eigenvalue weighted by Crippen LogP contribution is -2.34. The summed E-state index contributed by atoms with van der Waals surface area (Å²) < 4.78 is 1.96. The number of anilines is 1. The van der Waals surface area contributed by atoms with Gasteiger partial charge in [-0.15, -0.1) is 0 Å². The first-order valence-electron chi connectivity index (χ1n) is 8.38. The van der Waals surface area contributed by atoms with E-state index in [9.17, 15) is 9.59 Å². The summed E-state index contributed by atoms with van der Waals surface area (Å²) in [4.78, 5) is 27.3. The molecule has 0 aliphatic heterocycles. The number of hydrogen-bond acceptors (Lipinski definition) is 3. The molecule has 0 spiro atoms. The van der Waals surface area contributed by atoms with Crippen LogP contribution in [-0.4, -0.2) is 29.0 Å². The highest BCUT2D eigenvalue weighted by Crippen LogP contribution is 2.25. The van der Waals surface area contributed by atoms with Crippen molar-refractivity contribution in [2.75, 3.05) is 19.3 Å². The molecule has 2 N–H and O–H groups in total. The number of hydrogen-bond donors (Lipinski definition) is 1. The summed E-state index contributed by atoms with van der Waals surface area (Å²) in [5.41, 5.74) is 6.81. The fourth-order valence-corrected chi connectivity index (χ4v) is 2.81. The number of amides is 1. The zero-order valence-corrected chi connectivity index (χ0v) is 15.2. The van der Waals surface area contributed by atoms with Crippen LogP contribution >= 0.6 is 0 Å². The van der Waals surface area contributed by atoms with Gasteiger partial charge in [-0.2, -0.15) is 0 Å². The largest absolute Gasteiger partial charge is 0.398 e. The van der Waals surface area contributed by atoms with E-state index in [2.05, 4.69) is 6.92 Å². The van der Waals surface area contributed by atoms with Crippen molar-refractivity contribution in [3.8, 4) is 0 Å². The maximum Gasteiger partial charge on any atom is 0.259 e. The van der Waals surface area contributed by atoms with Gasteiger partial charge in [0.1, 0.15) is 5.56 Å². The number of fused-ring (bicyclic) bond motifs is 1. The van der Waals surface area contributed by atoms with Gasteiger partial charge in [-0.1, -0.05) is 19.4 Å². The minimum Gasteiger partial charge on any atom is -0.398 e. The first kappa shape index (κ1) is 18.0. The smallest absolute Gasteiger partial charge is 0.259 e. The zero-order valence-electron chi connectivity index (χ0n) is 15.2. The van der Waals surface area contributed by atoms with E-state index < -0.39 is 0 Å². The van der Waals surface area contributed by atoms with Crippen molar-refractivity contribution in [1.29, 1.82) is 0 Å². The molecule has 0 aliphatic carbocycles. The van der Waals surface area contributed by atoms with Gasteiger partial charge in [0.25, 0.3) is 5.91 Å². The van der Waals surface area contributed by atoms with E-state index in [1.165, 1.54) is 0 Å². The van der Waals surface area contributed by atoms with Crippen LogP contribution in [0.15, 0.2) is 29.2 Å². The first-order chi connectivity index (χ1) is 11.2. The normalized spacial score (nSPS) is 11.7. The van der Waals surface area contributed by atoms with Crippen molar-refractivity contribution in [3.63, 3.8) is 0 Å². The van der Waals surface area contributed by atoms with Crippen molar-refractivity contribution >= 4 is 22.5 Å². The highest BCUT2D eigenvalue weighted by atomic mass is 16.2. The van der Waals surface area contributed by atoms with E-state index in [0.717, 1.165) is 18.4 Å². The molecule has 0 saturated carbocycles. The molecule has 0 bridgehead atoms. The van der Waals surface area contributed by atoms with Gasteiger partial charge >= 0.3 is 0 Å². The van der Waals surface area contributed by atoms with E-state index in [1.807, 2.05) is 37.5 Å². The van der Waals surface area contributed by atoms with E-state index in [1.54, 1.807) is 24.2 Å². The Hall–Kier alpha value is -2.30. The number of carbonyl (C=O) groups excluding carboxylic acids is 1. The first-order valence-corrected chi connectivity index (χ1v) is 8.38. The number of pyridine rings is 1. The Kier molecular flexibility index (Phi) is 5.02. The van der Waals surface area contributed by atoms with Crippen molar-refractivity contribution in [1.82, 2.24) is 9.47 Å². The van der Waals surface area contributed by atoms with Gasteiger partial charge in [0, 0.05) is 31.0 Å². The summed E-state index contributed by atoms with van der Waals surface area (Å²) in [6.07, 6.45) is 3.58. The molecule has 1 amide bonds. The van der Waals surface area contributed by atoms with Crippen LogP contribution in [0.3, 0.4) is 0 Å². The number of nitrogen functional groups attached to an aromatic ring is 1. The standard InChI is InChI=1S/C19H27N3O2/c1-6-7-11-21(5)18(24)13-12-22(19(2,3)4)15-10-8-9-14(20)16(15)17(13)23/h8-10,12H,6-7,11,20H2,1-5H3. The van der Waals surface area contributed by atoms with Crippen LogP contribution in [0.1, 0.15) is 50.9 Å². The van der Waals surface area contributed by atoms with Crippen molar-refractivity contribution in [2.24, 2.45) is 0 Å². The van der Waals surface area contributed by atoms with Gasteiger partial charge in [-0.25, -0.2) is 0 Å². The SMILES string of the molecule is CCCCN(C)C(=O)c1cn(C(C)(C)C)c2cccc(N)c2c1=O. The van der Waals surface area contributed by atoms with E-state index >= 15 is 0 Å². The van der Waals surface area contributed by atoms with Gasteiger partial charge in [-0.3, -0.25) is 9.59 Å². The summed E-state index contributed by atoms with van der Waals surface area (Å²) in [5.74, 6) is -0.253. The van der Waals surface area contributed by atoms with Crippen LogP contribution in [0.25, 0.3) is 10.9 Å². The highest BCUT2D eigenvalue weighted by Gasteiger charge is 2.23. The Bertz CT molecular complexity index is 816. The van der Waals surface area contributed by atoms with Gasteiger partial charge in [-0.05, 0) is 39.3 Å². The summed E-state index contributed by atoms with van der Waals surface area (Å²) in [7, 11) is 1.73. The third-order valence-corrected chi connectivity index (χ3v) is 4.21. The zero-order chi connectivity index (χ0) is 18.1. The van der Waals surface area contributed by atoms with Crippen molar-refractivity contribution < 1.29 is 4.79 Å². The summed E-state index contributed by atoms with van der Waals surface area (Å²) >= 11 is 0. The number of benzene rings is 1. The molecule has 2 rings (SSSR count). The number of unbranched alkanes of at least 4 members (excludes halogenated alkanes) is 1. The van der Waals surface area contributed by atoms with Gasteiger partial charge in [0.05, 0.1) is 10.9 Å². The lowest BCUT2D eigenvalue weighted by atomic mass is 10.0. The molecule has 0 radical (unpaired) electrons. The average molecular weight is 329 g/mol. The number of carbonyl (C=O) groups is 1. The number of nitrogens with two attached hydrogens (primary N) is 1. The molecule has 2 aromatic rings. The fourth-order valence-electron chi connectivity index (χ4n) is 2.81. The predicted molar refractivity (Wildman–Crippen MR) is 99.5 cm³/mol. The lowest BCUT2D eigenvalue weighted by molar-refractivity contribution is 0.0791. The molecule has 1 heterocycles. The van der Waals surface area contributed by atoms with E-state index in [0.29, 0.717) is 17.6 Å². The Morgan fingerprint density at radius 3 is 2.54 bits per heavy atom. The Labute approximate surface area is 143 Å². The molecule has 0 unspecified atom stereocenters. The molecule has 0 aliphatic rings. The molecule has 1 aromatic carbocycles. The molecule has 0 atom stereocenters. The second kappa shape index (κ2) is 6.67. The molecule has 5 nitrogen and oxygen atoms in total. The van der Waals surface area contributed by atoms with Crippen LogP contribution in [-0.2, 0) is 5.54 Å². The maximum absolute atomic E-state index is 12.9. The summed E-state index contributed by atoms with van der Waals surface area (Å²) in [5, 5.41) is 0.419. The van der Waals surface area contributed by atoms with Crippen molar-refractivity contribution in [3.05, 3.63) is 40.2 Å². The predicted octanol–water partition coefficient (Wildman–Crippen LogP) is 3.21. The Morgan fingerprint density at radius 2 is 1.96 bits per heavy atom. The van der Waals surface area contributed by atoms with Gasteiger partial charge in [0.2, 0.25) is 5.43 Å². The van der Waals surface area contributed by atoms with Crippen molar-refractivity contribution in [2.45, 2.75) is 46.1 Å². The Balaban J connectivity index is 2.72. The maximum atomic E-state index is 12.9. The van der Waals surface area contributed by atoms with Crippen LogP contribution < -0.4 is 11.2 Å². The van der Waals surface area contributed by atoms with Crippen LogP contribution in [0.5, 0.6) is 0 Å². The molecule has 24 heavy (non-hydrogen) atoms. The molecular formula is C19H27N3O2. The monoisotopic (exact) mass is 329 g/mol. The van der Waals surface area contributed by atoms with Crippen LogP contribution in [0, 0.1) is 0 Å². The quantitative estimate of drug-likeness (QED) is 0.876. The molecule has 1 aromatic heterocycles. The lowest BCUT2D eigenvalue weighted by Gasteiger charge is -2.27. The van der Waals surface area contributed by atoms with E-state index in [4.69, 9.17) is 5.73 Å². The van der Waals surface area contributed by atoms with Gasteiger partial charge < -0.3 is 15.2 Å². The van der Waals surface area contributed by atoms with Gasteiger partial charge in [0.15, 0.2) is 0 Å². The minimum absolute atomic E-state index is 0.175. The molecule has 5 heteroatoms.